The lowest BCUT2D eigenvalue weighted by Gasteiger charge is -2.09. The van der Waals surface area contributed by atoms with E-state index in [1.54, 1.807) is 44.4 Å². The van der Waals surface area contributed by atoms with Crippen molar-refractivity contribution in [2.24, 2.45) is 0 Å². The standard InChI is InChI=1S/C23H23NO6.C3H7NO/c1-3-15-5-10-19-17(12-21(25)30-20(19)11-15)14-29-22(26)13-24-23(27)16-6-8-18(9-7-16)28-4-2;1-4(2)3-5/h5-12H,3-4,13-14H2,1-2H3,(H,24,27);3H,1-2H3. The Bertz CT molecular complexity index is 1200. The third kappa shape index (κ3) is 8.62. The van der Waals surface area contributed by atoms with Gasteiger partial charge in [0.25, 0.3) is 5.91 Å². The molecule has 0 aliphatic rings. The van der Waals surface area contributed by atoms with Crippen LogP contribution >= 0.6 is 0 Å². The summed E-state index contributed by atoms with van der Waals surface area (Å²) in [7, 11) is 3.38. The van der Waals surface area contributed by atoms with Crippen molar-refractivity contribution in [2.75, 3.05) is 27.2 Å². The van der Waals surface area contributed by atoms with E-state index in [4.69, 9.17) is 13.9 Å². The van der Waals surface area contributed by atoms with Crippen LogP contribution in [0.4, 0.5) is 0 Å². The molecule has 0 atom stereocenters. The number of nitrogens with one attached hydrogen (secondary N) is 1. The summed E-state index contributed by atoms with van der Waals surface area (Å²) in [6.07, 6.45) is 1.56. The van der Waals surface area contributed by atoms with Gasteiger partial charge in [-0.15, -0.1) is 0 Å². The fourth-order valence-corrected chi connectivity index (χ4v) is 2.95. The second-order valence-electron chi connectivity index (χ2n) is 7.64. The van der Waals surface area contributed by atoms with Crippen LogP contribution in [0.3, 0.4) is 0 Å². The van der Waals surface area contributed by atoms with Crippen LogP contribution in [0.25, 0.3) is 11.0 Å². The third-order valence-corrected chi connectivity index (χ3v) is 4.72. The molecule has 9 nitrogen and oxygen atoms in total. The first-order chi connectivity index (χ1) is 16.8. The van der Waals surface area contributed by atoms with Crippen LogP contribution in [0.2, 0.25) is 0 Å². The van der Waals surface area contributed by atoms with Gasteiger partial charge in [-0.05, 0) is 49.2 Å². The third-order valence-electron chi connectivity index (χ3n) is 4.72. The van der Waals surface area contributed by atoms with E-state index >= 15 is 0 Å². The molecule has 1 N–H and O–H groups in total. The maximum absolute atomic E-state index is 12.2. The van der Waals surface area contributed by atoms with Gasteiger partial charge in [0.15, 0.2) is 0 Å². The maximum atomic E-state index is 12.2. The lowest BCUT2D eigenvalue weighted by Crippen LogP contribution is -2.30. The quantitative estimate of drug-likeness (QED) is 0.283. The van der Waals surface area contributed by atoms with Gasteiger partial charge in [0.1, 0.15) is 24.5 Å². The average molecular weight is 483 g/mol. The second-order valence-corrected chi connectivity index (χ2v) is 7.64. The highest BCUT2D eigenvalue weighted by atomic mass is 16.5. The minimum Gasteiger partial charge on any atom is -0.494 e. The van der Waals surface area contributed by atoms with E-state index in [1.165, 1.54) is 11.0 Å². The normalized spacial score (nSPS) is 10.1. The summed E-state index contributed by atoms with van der Waals surface area (Å²) in [5, 5.41) is 3.22. The molecule has 0 spiro atoms. The molecular weight excluding hydrogens is 452 g/mol. The van der Waals surface area contributed by atoms with E-state index in [1.807, 2.05) is 26.0 Å². The Balaban J connectivity index is 0.000000784. The van der Waals surface area contributed by atoms with Gasteiger partial charge in [-0.3, -0.25) is 14.4 Å². The molecule has 0 saturated carbocycles. The Morgan fingerprint density at radius 1 is 1.06 bits per heavy atom. The van der Waals surface area contributed by atoms with Crippen molar-refractivity contribution in [2.45, 2.75) is 26.9 Å². The molecule has 0 aliphatic carbocycles. The maximum Gasteiger partial charge on any atom is 0.336 e. The summed E-state index contributed by atoms with van der Waals surface area (Å²) in [4.78, 5) is 46.9. The minimum absolute atomic E-state index is 0.0919. The van der Waals surface area contributed by atoms with E-state index in [9.17, 15) is 19.2 Å². The van der Waals surface area contributed by atoms with Crippen molar-refractivity contribution >= 4 is 29.3 Å². The van der Waals surface area contributed by atoms with Gasteiger partial charge in [0.05, 0.1) is 6.61 Å². The van der Waals surface area contributed by atoms with Crippen LogP contribution in [-0.4, -0.2) is 50.4 Å². The van der Waals surface area contributed by atoms with Crippen LogP contribution < -0.4 is 15.7 Å². The SMILES string of the molecule is CCOc1ccc(C(=O)NCC(=O)OCc2cc(=O)oc3cc(CC)ccc23)cc1.CN(C)C=O. The molecule has 0 bridgehead atoms. The van der Waals surface area contributed by atoms with E-state index in [0.29, 0.717) is 34.5 Å². The lowest BCUT2D eigenvalue weighted by atomic mass is 10.1. The van der Waals surface area contributed by atoms with Crippen molar-refractivity contribution in [3.8, 4) is 5.75 Å². The highest BCUT2D eigenvalue weighted by molar-refractivity contribution is 5.96. The first kappa shape index (κ1) is 27.1. The van der Waals surface area contributed by atoms with Crippen molar-refractivity contribution in [1.82, 2.24) is 10.2 Å². The topological polar surface area (TPSA) is 115 Å². The summed E-state index contributed by atoms with van der Waals surface area (Å²) < 4.78 is 15.8. The summed E-state index contributed by atoms with van der Waals surface area (Å²) in [5.74, 6) is -0.340. The predicted molar refractivity (Wildman–Crippen MR) is 131 cm³/mol. The number of carbonyl (C=O) groups excluding carboxylic acids is 3. The summed E-state index contributed by atoms with van der Waals surface area (Å²) in [6, 6.07) is 13.5. The van der Waals surface area contributed by atoms with Gasteiger partial charge in [0, 0.05) is 36.7 Å². The average Bonchev–Trinajstić information content (AvgIpc) is 2.86. The number of fused-ring (bicyclic) bond motifs is 1. The Morgan fingerprint density at radius 3 is 2.34 bits per heavy atom. The van der Waals surface area contributed by atoms with Crippen LogP contribution in [0.5, 0.6) is 5.75 Å². The van der Waals surface area contributed by atoms with Gasteiger partial charge in [-0.25, -0.2) is 4.79 Å². The number of rotatable bonds is 9. The zero-order valence-electron chi connectivity index (χ0n) is 20.3. The Labute approximate surface area is 203 Å². The Kier molecular flexibility index (Phi) is 10.5. The zero-order chi connectivity index (χ0) is 25.8. The molecule has 2 amide bonds. The number of ether oxygens (including phenoxy) is 2. The van der Waals surface area contributed by atoms with Crippen LogP contribution in [-0.2, 0) is 27.4 Å². The Hall–Kier alpha value is -4.14. The summed E-state index contributed by atoms with van der Waals surface area (Å²) in [6.45, 7) is 4.04. The first-order valence-electron chi connectivity index (χ1n) is 11.1. The number of hydrogen-bond acceptors (Lipinski definition) is 7. The molecule has 186 valence electrons. The van der Waals surface area contributed by atoms with Crippen LogP contribution in [0, 0.1) is 0 Å². The first-order valence-corrected chi connectivity index (χ1v) is 11.1. The number of carbonyl (C=O) groups is 3. The van der Waals surface area contributed by atoms with Crippen LogP contribution in [0.15, 0.2) is 57.7 Å². The molecule has 1 heterocycles. The molecule has 35 heavy (non-hydrogen) atoms. The molecule has 9 heteroatoms. The molecule has 3 rings (SSSR count). The molecule has 0 radical (unpaired) electrons. The van der Waals surface area contributed by atoms with Gasteiger partial charge in [-0.1, -0.05) is 19.1 Å². The van der Waals surface area contributed by atoms with Gasteiger partial charge in [0.2, 0.25) is 6.41 Å². The summed E-state index contributed by atoms with van der Waals surface area (Å²) >= 11 is 0. The van der Waals surface area contributed by atoms with Crippen molar-refractivity contribution in [1.29, 1.82) is 0 Å². The van der Waals surface area contributed by atoms with Gasteiger partial charge >= 0.3 is 11.6 Å². The molecular formula is C26H30N2O7. The molecule has 0 unspecified atom stereocenters. The number of hydrogen-bond donors (Lipinski definition) is 1. The van der Waals surface area contributed by atoms with Crippen molar-refractivity contribution in [3.63, 3.8) is 0 Å². The van der Waals surface area contributed by atoms with Crippen molar-refractivity contribution < 1.29 is 28.3 Å². The van der Waals surface area contributed by atoms with E-state index < -0.39 is 17.5 Å². The fraction of sp³-hybridized carbons (Fsp3) is 0.308. The largest absolute Gasteiger partial charge is 0.494 e. The predicted octanol–water partition coefficient (Wildman–Crippen LogP) is 2.93. The lowest BCUT2D eigenvalue weighted by molar-refractivity contribution is -0.143. The van der Waals surface area contributed by atoms with Crippen molar-refractivity contribution in [3.05, 3.63) is 75.6 Å². The van der Waals surface area contributed by atoms with E-state index in [-0.39, 0.29) is 13.2 Å². The molecule has 0 saturated heterocycles. The van der Waals surface area contributed by atoms with Gasteiger partial charge < -0.3 is 24.1 Å². The monoisotopic (exact) mass is 482 g/mol. The molecule has 0 fully saturated rings. The fourth-order valence-electron chi connectivity index (χ4n) is 2.95. The zero-order valence-corrected chi connectivity index (χ0v) is 20.3. The van der Waals surface area contributed by atoms with E-state index in [2.05, 4.69) is 5.32 Å². The van der Waals surface area contributed by atoms with Gasteiger partial charge in [-0.2, -0.15) is 0 Å². The molecule has 0 aliphatic heterocycles. The highest BCUT2D eigenvalue weighted by Gasteiger charge is 2.12. The smallest absolute Gasteiger partial charge is 0.336 e. The van der Waals surface area contributed by atoms with E-state index in [0.717, 1.165) is 18.4 Å². The highest BCUT2D eigenvalue weighted by Crippen LogP contribution is 2.20. The minimum atomic E-state index is -0.610. The molecule has 1 aromatic heterocycles. The number of nitrogens with zero attached hydrogens (tertiary/aromatic N) is 1. The molecule has 2 aromatic carbocycles. The number of aryl methyl sites for hydroxylation is 1. The molecule has 3 aromatic rings. The second kappa shape index (κ2) is 13.5. The number of amides is 2. The number of benzene rings is 2. The van der Waals surface area contributed by atoms with Crippen LogP contribution in [0.1, 0.15) is 35.3 Å². The number of esters is 1. The Morgan fingerprint density at radius 2 is 1.74 bits per heavy atom. The summed E-state index contributed by atoms with van der Waals surface area (Å²) in [5.41, 5.74) is 1.94.